The third-order valence-electron chi connectivity index (χ3n) is 3.83. The molecule has 0 saturated heterocycles. The lowest BCUT2D eigenvalue weighted by Crippen LogP contribution is -1.99. The molecular weight excluding hydrogens is 338 g/mol. The number of aromatic nitrogens is 1. The zero-order chi connectivity index (χ0) is 17.8. The van der Waals surface area contributed by atoms with Gasteiger partial charge in [0.05, 0.1) is 31.2 Å². The van der Waals surface area contributed by atoms with E-state index in [9.17, 15) is 4.79 Å². The summed E-state index contributed by atoms with van der Waals surface area (Å²) in [6, 6.07) is 18.6. The number of hydrogen-bond donors (Lipinski definition) is 0. The van der Waals surface area contributed by atoms with Crippen LogP contribution in [0.3, 0.4) is 0 Å². The minimum absolute atomic E-state index is 0.341. The van der Waals surface area contributed by atoms with Gasteiger partial charge in [0, 0.05) is 11.1 Å². The Morgan fingerprint density at radius 2 is 1.60 bits per heavy atom. The maximum atomic E-state index is 11.8. The van der Waals surface area contributed by atoms with Gasteiger partial charge in [0.25, 0.3) is 5.24 Å². The predicted molar refractivity (Wildman–Crippen MR) is 98.4 cm³/mol. The van der Waals surface area contributed by atoms with E-state index in [0.29, 0.717) is 22.8 Å². The lowest BCUT2D eigenvalue weighted by atomic mass is 10.0. The van der Waals surface area contributed by atoms with Gasteiger partial charge in [-0.3, -0.25) is 4.79 Å². The van der Waals surface area contributed by atoms with Gasteiger partial charge in [0.15, 0.2) is 11.5 Å². The molecule has 0 spiro atoms. The molecule has 2 aromatic carbocycles. The molecule has 126 valence electrons. The second kappa shape index (κ2) is 7.36. The summed E-state index contributed by atoms with van der Waals surface area (Å²) in [5, 5.41) is -0.558. The largest absolute Gasteiger partial charge is 0.493 e. The molecule has 5 heteroatoms. The van der Waals surface area contributed by atoms with Gasteiger partial charge in [-0.2, -0.15) is 0 Å². The van der Waals surface area contributed by atoms with Crippen molar-refractivity contribution in [3.05, 3.63) is 66.2 Å². The summed E-state index contributed by atoms with van der Waals surface area (Å²) in [5.74, 6) is 1.16. The molecule has 0 bridgehead atoms. The maximum Gasteiger partial charge on any atom is 0.254 e. The lowest BCUT2D eigenvalue weighted by molar-refractivity contribution is 0.108. The first kappa shape index (κ1) is 17.0. The summed E-state index contributed by atoms with van der Waals surface area (Å²) in [4.78, 5) is 16.5. The van der Waals surface area contributed by atoms with Crippen LogP contribution in [0.15, 0.2) is 60.7 Å². The van der Waals surface area contributed by atoms with Crippen molar-refractivity contribution in [3.63, 3.8) is 0 Å². The van der Waals surface area contributed by atoms with Crippen molar-refractivity contribution < 1.29 is 14.3 Å². The number of hydrogen-bond acceptors (Lipinski definition) is 4. The standard InChI is InChI=1S/C20H16ClNO3/c1-24-17-11-8-14(12-18(17)25-2)19-15(20(21)23)9-10-16(22-19)13-6-4-3-5-7-13/h3-12H,1-2H3. The lowest BCUT2D eigenvalue weighted by Gasteiger charge is -2.12. The molecule has 0 aliphatic rings. The molecule has 1 heterocycles. The number of rotatable bonds is 5. The van der Waals surface area contributed by atoms with E-state index in [1.807, 2.05) is 36.4 Å². The molecule has 0 fully saturated rings. The number of nitrogens with zero attached hydrogens (tertiary/aromatic N) is 1. The quantitative estimate of drug-likeness (QED) is 0.617. The van der Waals surface area contributed by atoms with E-state index < -0.39 is 5.24 Å². The summed E-state index contributed by atoms with van der Waals surface area (Å²) in [6.07, 6.45) is 0. The molecule has 0 amide bonds. The summed E-state index contributed by atoms with van der Waals surface area (Å²) >= 11 is 5.75. The summed E-state index contributed by atoms with van der Waals surface area (Å²) in [5.41, 5.74) is 3.28. The average molecular weight is 354 g/mol. The molecule has 0 aliphatic heterocycles. The van der Waals surface area contributed by atoms with Crippen LogP contribution >= 0.6 is 11.6 Å². The first-order valence-corrected chi connectivity index (χ1v) is 8.00. The Labute approximate surface area is 151 Å². The van der Waals surface area contributed by atoms with Gasteiger partial charge in [-0.05, 0) is 41.9 Å². The molecule has 3 rings (SSSR count). The summed E-state index contributed by atoms with van der Waals surface area (Å²) in [6.45, 7) is 0. The highest BCUT2D eigenvalue weighted by molar-refractivity contribution is 6.68. The highest BCUT2D eigenvalue weighted by Gasteiger charge is 2.16. The smallest absolute Gasteiger partial charge is 0.254 e. The van der Waals surface area contributed by atoms with Crippen LogP contribution in [0.5, 0.6) is 11.5 Å². The van der Waals surface area contributed by atoms with Crippen LogP contribution in [0, 0.1) is 0 Å². The topological polar surface area (TPSA) is 48.4 Å². The monoisotopic (exact) mass is 353 g/mol. The van der Waals surface area contributed by atoms with E-state index in [1.165, 1.54) is 0 Å². The van der Waals surface area contributed by atoms with E-state index in [4.69, 9.17) is 21.1 Å². The van der Waals surface area contributed by atoms with Crippen LogP contribution in [0.4, 0.5) is 0 Å². The Hall–Kier alpha value is -2.85. The van der Waals surface area contributed by atoms with Crippen LogP contribution in [-0.4, -0.2) is 24.4 Å². The Morgan fingerprint density at radius 3 is 2.24 bits per heavy atom. The van der Waals surface area contributed by atoms with Crippen LogP contribution < -0.4 is 9.47 Å². The Kier molecular flexibility index (Phi) is 5.00. The molecule has 0 aliphatic carbocycles. The number of pyridine rings is 1. The van der Waals surface area contributed by atoms with Gasteiger partial charge in [-0.1, -0.05) is 30.3 Å². The third-order valence-corrected chi connectivity index (χ3v) is 4.04. The highest BCUT2D eigenvalue weighted by Crippen LogP contribution is 2.34. The normalized spacial score (nSPS) is 10.4. The summed E-state index contributed by atoms with van der Waals surface area (Å²) < 4.78 is 10.6. The van der Waals surface area contributed by atoms with E-state index in [1.54, 1.807) is 38.5 Å². The Bertz CT molecular complexity index is 910. The fourth-order valence-corrected chi connectivity index (χ4v) is 2.74. The average Bonchev–Trinajstić information content (AvgIpc) is 2.67. The number of benzene rings is 2. The predicted octanol–water partition coefficient (Wildman–Crippen LogP) is 4.81. The van der Waals surface area contributed by atoms with Crippen molar-refractivity contribution >= 4 is 16.8 Å². The molecule has 0 N–H and O–H groups in total. The molecule has 0 saturated carbocycles. The minimum atomic E-state index is -0.558. The zero-order valence-corrected chi connectivity index (χ0v) is 14.6. The molecule has 3 aromatic rings. The minimum Gasteiger partial charge on any atom is -0.493 e. The van der Waals surface area contributed by atoms with E-state index in [2.05, 4.69) is 4.98 Å². The first-order chi connectivity index (χ1) is 12.1. The Morgan fingerprint density at radius 1 is 0.880 bits per heavy atom. The van der Waals surface area contributed by atoms with Crippen LogP contribution in [0.1, 0.15) is 10.4 Å². The van der Waals surface area contributed by atoms with E-state index >= 15 is 0 Å². The fourth-order valence-electron chi connectivity index (χ4n) is 2.59. The van der Waals surface area contributed by atoms with Crippen molar-refractivity contribution in [1.82, 2.24) is 4.98 Å². The third kappa shape index (κ3) is 3.49. The van der Waals surface area contributed by atoms with Crippen LogP contribution in [0.25, 0.3) is 22.5 Å². The second-order valence-corrected chi connectivity index (χ2v) is 5.65. The van der Waals surface area contributed by atoms with Gasteiger partial charge in [0.2, 0.25) is 0 Å². The summed E-state index contributed by atoms with van der Waals surface area (Å²) in [7, 11) is 3.13. The molecule has 4 nitrogen and oxygen atoms in total. The van der Waals surface area contributed by atoms with Gasteiger partial charge >= 0.3 is 0 Å². The highest BCUT2D eigenvalue weighted by atomic mass is 35.5. The molecular formula is C20H16ClNO3. The van der Waals surface area contributed by atoms with Crippen molar-refractivity contribution in [2.45, 2.75) is 0 Å². The molecule has 1 aromatic heterocycles. The van der Waals surface area contributed by atoms with Gasteiger partial charge in [-0.15, -0.1) is 0 Å². The van der Waals surface area contributed by atoms with E-state index in [-0.39, 0.29) is 0 Å². The van der Waals surface area contributed by atoms with Crippen LogP contribution in [-0.2, 0) is 0 Å². The number of carbonyl (C=O) groups is 1. The zero-order valence-electron chi connectivity index (χ0n) is 13.8. The molecule has 0 atom stereocenters. The number of methoxy groups -OCH3 is 2. The number of halogens is 1. The first-order valence-electron chi connectivity index (χ1n) is 7.62. The van der Waals surface area contributed by atoms with E-state index in [0.717, 1.165) is 16.8 Å². The van der Waals surface area contributed by atoms with Gasteiger partial charge in [-0.25, -0.2) is 4.98 Å². The maximum absolute atomic E-state index is 11.8. The number of ether oxygens (including phenoxy) is 2. The SMILES string of the molecule is COc1ccc(-c2nc(-c3ccccc3)ccc2C(=O)Cl)cc1OC. The van der Waals surface area contributed by atoms with Gasteiger partial charge < -0.3 is 9.47 Å². The molecule has 0 unspecified atom stereocenters. The van der Waals surface area contributed by atoms with Crippen molar-refractivity contribution in [1.29, 1.82) is 0 Å². The van der Waals surface area contributed by atoms with Crippen molar-refractivity contribution in [3.8, 4) is 34.0 Å². The Balaban J connectivity index is 2.18. The van der Waals surface area contributed by atoms with Crippen LogP contribution in [0.2, 0.25) is 0 Å². The van der Waals surface area contributed by atoms with Gasteiger partial charge in [0.1, 0.15) is 0 Å². The van der Waals surface area contributed by atoms with Crippen molar-refractivity contribution in [2.75, 3.05) is 14.2 Å². The van der Waals surface area contributed by atoms with Crippen molar-refractivity contribution in [2.24, 2.45) is 0 Å². The second-order valence-electron chi connectivity index (χ2n) is 5.30. The number of carbonyl (C=O) groups excluding carboxylic acids is 1. The molecule has 0 radical (unpaired) electrons. The fraction of sp³-hybridized carbons (Fsp3) is 0.100. The molecule has 25 heavy (non-hydrogen) atoms.